The molecule has 2 aliphatic heterocycles. The lowest BCUT2D eigenvalue weighted by atomic mass is 10.0. The molecule has 2 aromatic heterocycles. The van der Waals surface area contributed by atoms with Gasteiger partial charge in [0.15, 0.2) is 5.65 Å². The molecule has 0 unspecified atom stereocenters. The Hall–Kier alpha value is -3.42. The number of amides is 3. The van der Waals surface area contributed by atoms with Gasteiger partial charge in [0.05, 0.1) is 11.9 Å². The molecule has 2 saturated heterocycles. The summed E-state index contributed by atoms with van der Waals surface area (Å²) in [6.07, 6.45) is 4.91. The number of nitrogens with one attached hydrogen (secondary N) is 1. The average Bonchev–Trinajstić information content (AvgIpc) is 3.40. The first-order chi connectivity index (χ1) is 14.2. The van der Waals surface area contributed by atoms with E-state index in [-0.39, 0.29) is 18.0 Å². The number of likely N-dealkylation sites (tertiary alicyclic amines) is 1. The molecule has 0 atom stereocenters. The molecular formula is C21H22N6O2. The second-order valence-corrected chi connectivity index (χ2v) is 7.44. The zero-order valence-corrected chi connectivity index (χ0v) is 16.0. The first-order valence-corrected chi connectivity index (χ1v) is 9.94. The van der Waals surface area contributed by atoms with Crippen molar-refractivity contribution in [2.75, 3.05) is 26.2 Å². The van der Waals surface area contributed by atoms with E-state index in [2.05, 4.69) is 15.4 Å². The van der Waals surface area contributed by atoms with Crippen LogP contribution in [-0.2, 0) is 0 Å². The molecule has 2 aliphatic rings. The van der Waals surface area contributed by atoms with Crippen LogP contribution >= 0.6 is 0 Å². The standard InChI is InChI=1S/C21H22N6O2/c28-20(25-11-7-16(8-12-25)26-13-10-23-21(26)29)17-14-24-27-18(6-9-22-19(17)27)15-4-2-1-3-5-15/h1-6,9,14,16H,7-8,10-13H2,(H,23,29). The summed E-state index contributed by atoms with van der Waals surface area (Å²) >= 11 is 0. The number of urea groups is 1. The monoisotopic (exact) mass is 390 g/mol. The van der Waals surface area contributed by atoms with Crippen LogP contribution in [0.4, 0.5) is 4.79 Å². The summed E-state index contributed by atoms with van der Waals surface area (Å²) in [6, 6.07) is 12.0. The highest BCUT2D eigenvalue weighted by Crippen LogP contribution is 2.23. The summed E-state index contributed by atoms with van der Waals surface area (Å²) in [5, 5.41) is 7.29. The van der Waals surface area contributed by atoms with E-state index in [0.29, 0.717) is 30.8 Å². The second-order valence-electron chi connectivity index (χ2n) is 7.44. The molecule has 3 amide bonds. The highest BCUT2D eigenvalue weighted by atomic mass is 16.2. The van der Waals surface area contributed by atoms with E-state index < -0.39 is 0 Å². The van der Waals surface area contributed by atoms with Crippen molar-refractivity contribution in [3.8, 4) is 11.3 Å². The molecule has 4 heterocycles. The minimum Gasteiger partial charge on any atom is -0.338 e. The van der Waals surface area contributed by atoms with Gasteiger partial charge in [-0.3, -0.25) is 4.79 Å². The third kappa shape index (κ3) is 3.10. The van der Waals surface area contributed by atoms with Gasteiger partial charge < -0.3 is 15.1 Å². The van der Waals surface area contributed by atoms with Gasteiger partial charge in [-0.2, -0.15) is 5.10 Å². The van der Waals surface area contributed by atoms with Crippen LogP contribution in [0, 0.1) is 0 Å². The number of rotatable bonds is 3. The Morgan fingerprint density at radius 1 is 1.07 bits per heavy atom. The fourth-order valence-corrected chi connectivity index (χ4v) is 4.26. The largest absolute Gasteiger partial charge is 0.338 e. The first-order valence-electron chi connectivity index (χ1n) is 9.94. The third-order valence-electron chi connectivity index (χ3n) is 5.78. The molecule has 0 bridgehead atoms. The number of nitrogens with zero attached hydrogens (tertiary/aromatic N) is 5. The summed E-state index contributed by atoms with van der Waals surface area (Å²) in [6.45, 7) is 2.71. The number of benzene rings is 1. The number of hydrogen-bond acceptors (Lipinski definition) is 4. The maximum absolute atomic E-state index is 13.2. The summed E-state index contributed by atoms with van der Waals surface area (Å²) in [5.74, 6) is -0.0537. The van der Waals surface area contributed by atoms with Crippen molar-refractivity contribution in [3.05, 3.63) is 54.4 Å². The minimum atomic E-state index is -0.0537. The van der Waals surface area contributed by atoms with Crippen LogP contribution in [0.25, 0.3) is 16.9 Å². The molecule has 3 aromatic rings. The number of fused-ring (bicyclic) bond motifs is 1. The molecule has 29 heavy (non-hydrogen) atoms. The average molecular weight is 390 g/mol. The molecule has 1 N–H and O–H groups in total. The molecule has 8 heteroatoms. The maximum atomic E-state index is 13.2. The minimum absolute atomic E-state index is 0.00930. The lowest BCUT2D eigenvalue weighted by Gasteiger charge is -2.36. The lowest BCUT2D eigenvalue weighted by molar-refractivity contribution is 0.0668. The molecule has 0 aliphatic carbocycles. The normalized spacial score (nSPS) is 17.7. The SMILES string of the molecule is O=C(c1cnn2c(-c3ccccc3)ccnc12)N1CCC(N2CCNC2=O)CC1. The van der Waals surface area contributed by atoms with Crippen LogP contribution < -0.4 is 5.32 Å². The van der Waals surface area contributed by atoms with Gasteiger partial charge in [0.1, 0.15) is 5.56 Å². The van der Waals surface area contributed by atoms with Crippen molar-refractivity contribution < 1.29 is 9.59 Å². The van der Waals surface area contributed by atoms with Crippen molar-refractivity contribution in [1.29, 1.82) is 0 Å². The van der Waals surface area contributed by atoms with Gasteiger partial charge >= 0.3 is 6.03 Å². The van der Waals surface area contributed by atoms with Crippen molar-refractivity contribution in [2.24, 2.45) is 0 Å². The lowest BCUT2D eigenvalue weighted by Crippen LogP contribution is -2.47. The predicted molar refractivity (Wildman–Crippen MR) is 107 cm³/mol. The second kappa shape index (κ2) is 7.20. The van der Waals surface area contributed by atoms with E-state index in [9.17, 15) is 9.59 Å². The molecule has 148 valence electrons. The van der Waals surface area contributed by atoms with Gasteiger partial charge in [-0.05, 0) is 18.9 Å². The van der Waals surface area contributed by atoms with Crippen LogP contribution in [0.5, 0.6) is 0 Å². The number of carbonyl (C=O) groups excluding carboxylic acids is 2. The van der Waals surface area contributed by atoms with Crippen LogP contribution in [0.15, 0.2) is 48.8 Å². The summed E-state index contributed by atoms with van der Waals surface area (Å²) < 4.78 is 1.73. The zero-order chi connectivity index (χ0) is 19.8. The Labute approximate surface area is 168 Å². The number of piperidine rings is 1. The number of aromatic nitrogens is 3. The van der Waals surface area contributed by atoms with Crippen LogP contribution in [0.3, 0.4) is 0 Å². The van der Waals surface area contributed by atoms with Crippen LogP contribution in [0.2, 0.25) is 0 Å². The smallest absolute Gasteiger partial charge is 0.317 e. The highest BCUT2D eigenvalue weighted by Gasteiger charge is 2.32. The molecular weight excluding hydrogens is 368 g/mol. The van der Waals surface area contributed by atoms with Gasteiger partial charge in [0, 0.05) is 44.0 Å². The number of hydrogen-bond donors (Lipinski definition) is 1. The van der Waals surface area contributed by atoms with E-state index in [1.54, 1.807) is 16.9 Å². The maximum Gasteiger partial charge on any atom is 0.317 e. The Morgan fingerprint density at radius 2 is 1.86 bits per heavy atom. The van der Waals surface area contributed by atoms with Gasteiger partial charge in [-0.1, -0.05) is 30.3 Å². The highest BCUT2D eigenvalue weighted by molar-refractivity contribution is 6.00. The molecule has 2 fully saturated rings. The summed E-state index contributed by atoms with van der Waals surface area (Å²) in [4.78, 5) is 33.2. The van der Waals surface area contributed by atoms with Crippen molar-refractivity contribution in [2.45, 2.75) is 18.9 Å². The van der Waals surface area contributed by atoms with Crippen molar-refractivity contribution >= 4 is 17.6 Å². The van der Waals surface area contributed by atoms with E-state index in [4.69, 9.17) is 0 Å². The van der Waals surface area contributed by atoms with Crippen LogP contribution in [0.1, 0.15) is 23.2 Å². The van der Waals surface area contributed by atoms with Crippen LogP contribution in [-0.4, -0.2) is 68.6 Å². The molecule has 5 rings (SSSR count). The fraction of sp³-hybridized carbons (Fsp3) is 0.333. The predicted octanol–water partition coefficient (Wildman–Crippen LogP) is 2.03. The van der Waals surface area contributed by atoms with E-state index in [1.165, 1.54) is 0 Å². The molecule has 0 radical (unpaired) electrons. The number of carbonyl (C=O) groups is 2. The fourth-order valence-electron chi connectivity index (χ4n) is 4.26. The molecule has 1 aromatic carbocycles. The van der Waals surface area contributed by atoms with E-state index >= 15 is 0 Å². The summed E-state index contributed by atoms with van der Waals surface area (Å²) in [7, 11) is 0. The molecule has 0 spiro atoms. The van der Waals surface area contributed by atoms with Crippen molar-refractivity contribution in [3.63, 3.8) is 0 Å². The Kier molecular flexibility index (Phi) is 4.38. The van der Waals surface area contributed by atoms with Crippen molar-refractivity contribution in [1.82, 2.24) is 29.7 Å². The van der Waals surface area contributed by atoms with E-state index in [1.807, 2.05) is 46.2 Å². The quantitative estimate of drug-likeness (QED) is 0.742. The third-order valence-corrected chi connectivity index (χ3v) is 5.78. The topological polar surface area (TPSA) is 82.8 Å². The first kappa shape index (κ1) is 17.7. The summed E-state index contributed by atoms with van der Waals surface area (Å²) in [5.41, 5.74) is 3.00. The molecule has 0 saturated carbocycles. The van der Waals surface area contributed by atoms with Gasteiger partial charge in [-0.25, -0.2) is 14.3 Å². The van der Waals surface area contributed by atoms with Gasteiger partial charge in [0.2, 0.25) is 0 Å². The van der Waals surface area contributed by atoms with E-state index in [0.717, 1.165) is 30.6 Å². The Bertz CT molecular complexity index is 1060. The Morgan fingerprint density at radius 3 is 2.59 bits per heavy atom. The van der Waals surface area contributed by atoms with Gasteiger partial charge in [0.25, 0.3) is 5.91 Å². The Balaban J connectivity index is 1.36. The zero-order valence-electron chi connectivity index (χ0n) is 16.0. The van der Waals surface area contributed by atoms with Gasteiger partial charge in [-0.15, -0.1) is 0 Å². The molecule has 8 nitrogen and oxygen atoms in total.